The van der Waals surface area contributed by atoms with Gasteiger partial charge in [-0.1, -0.05) is 0 Å². The average Bonchev–Trinajstić information content (AvgIpc) is 2.57. The molecule has 2 atom stereocenters. The Balaban J connectivity index is 2.40. The first-order valence-electron chi connectivity index (χ1n) is 5.80. The highest BCUT2D eigenvalue weighted by molar-refractivity contribution is 6.05. The topological polar surface area (TPSA) is 87.7 Å². The molecule has 0 saturated carbocycles. The standard InChI is InChI=1S/C11H19N3O4/c1-7(10(16)12-4-5-18-3)13-8-6-9(15)14(2)11(8)17/h7-8,13H,4-6H2,1-3H3,(H,12,16). The lowest BCUT2D eigenvalue weighted by molar-refractivity contribution is -0.137. The van der Waals surface area contributed by atoms with Crippen molar-refractivity contribution in [3.05, 3.63) is 0 Å². The Morgan fingerprint density at radius 1 is 1.56 bits per heavy atom. The van der Waals surface area contributed by atoms with Crippen LogP contribution in [0.4, 0.5) is 0 Å². The van der Waals surface area contributed by atoms with Crippen LogP contribution in [0, 0.1) is 0 Å². The highest BCUT2D eigenvalue weighted by Crippen LogP contribution is 2.11. The first kappa shape index (κ1) is 14.6. The average molecular weight is 257 g/mol. The van der Waals surface area contributed by atoms with Crippen LogP contribution in [0.2, 0.25) is 0 Å². The van der Waals surface area contributed by atoms with Crippen LogP contribution in [-0.2, 0) is 19.1 Å². The first-order valence-corrected chi connectivity index (χ1v) is 5.80. The van der Waals surface area contributed by atoms with E-state index in [1.165, 1.54) is 7.05 Å². The number of nitrogens with one attached hydrogen (secondary N) is 2. The Morgan fingerprint density at radius 2 is 2.22 bits per heavy atom. The minimum atomic E-state index is -0.606. The Hall–Kier alpha value is -1.47. The highest BCUT2D eigenvalue weighted by Gasteiger charge is 2.37. The van der Waals surface area contributed by atoms with Crippen LogP contribution in [0.15, 0.2) is 0 Å². The summed E-state index contributed by atoms with van der Waals surface area (Å²) in [6.07, 6.45) is 0.102. The summed E-state index contributed by atoms with van der Waals surface area (Å²) in [7, 11) is 2.99. The quantitative estimate of drug-likeness (QED) is 0.446. The van der Waals surface area contributed by atoms with Crippen LogP contribution in [0.3, 0.4) is 0 Å². The SMILES string of the molecule is COCCNC(=O)C(C)NC1CC(=O)N(C)C1=O. The van der Waals surface area contributed by atoms with E-state index in [4.69, 9.17) is 4.74 Å². The van der Waals surface area contributed by atoms with Crippen LogP contribution in [0.5, 0.6) is 0 Å². The number of rotatable bonds is 6. The predicted octanol–water partition coefficient (Wildman–Crippen LogP) is -1.52. The van der Waals surface area contributed by atoms with Gasteiger partial charge < -0.3 is 10.1 Å². The van der Waals surface area contributed by atoms with Crippen molar-refractivity contribution in [2.45, 2.75) is 25.4 Å². The van der Waals surface area contributed by atoms with Crippen molar-refractivity contribution in [3.63, 3.8) is 0 Å². The maximum atomic E-state index is 11.6. The maximum Gasteiger partial charge on any atom is 0.246 e. The number of imide groups is 1. The zero-order valence-corrected chi connectivity index (χ0v) is 10.9. The number of amides is 3. The zero-order valence-electron chi connectivity index (χ0n) is 10.9. The Labute approximate surface area is 106 Å². The van der Waals surface area contributed by atoms with Crippen LogP contribution in [0.1, 0.15) is 13.3 Å². The molecule has 0 radical (unpaired) electrons. The fourth-order valence-electron chi connectivity index (χ4n) is 1.69. The fraction of sp³-hybridized carbons (Fsp3) is 0.727. The van der Waals surface area contributed by atoms with E-state index in [0.29, 0.717) is 13.2 Å². The number of carbonyl (C=O) groups excluding carboxylic acids is 3. The van der Waals surface area contributed by atoms with Crippen molar-refractivity contribution in [3.8, 4) is 0 Å². The normalized spacial score (nSPS) is 21.3. The van der Waals surface area contributed by atoms with E-state index in [-0.39, 0.29) is 24.1 Å². The lowest BCUT2D eigenvalue weighted by Gasteiger charge is -2.17. The van der Waals surface area contributed by atoms with Gasteiger partial charge in [-0.15, -0.1) is 0 Å². The molecule has 18 heavy (non-hydrogen) atoms. The second kappa shape index (κ2) is 6.46. The minimum absolute atomic E-state index is 0.102. The number of hydrogen-bond donors (Lipinski definition) is 2. The summed E-state index contributed by atoms with van der Waals surface area (Å²) in [5.74, 6) is -0.747. The summed E-state index contributed by atoms with van der Waals surface area (Å²) < 4.78 is 4.81. The molecule has 1 fully saturated rings. The van der Waals surface area contributed by atoms with Gasteiger partial charge in [-0.3, -0.25) is 24.6 Å². The number of ether oxygens (including phenoxy) is 1. The van der Waals surface area contributed by atoms with Gasteiger partial charge in [0.2, 0.25) is 17.7 Å². The van der Waals surface area contributed by atoms with Gasteiger partial charge in [0, 0.05) is 20.7 Å². The highest BCUT2D eigenvalue weighted by atomic mass is 16.5. The minimum Gasteiger partial charge on any atom is -0.383 e. The van der Waals surface area contributed by atoms with Gasteiger partial charge in [0.25, 0.3) is 0 Å². The number of likely N-dealkylation sites (tertiary alicyclic amines) is 1. The third-order valence-corrected chi connectivity index (χ3v) is 2.83. The van der Waals surface area contributed by atoms with Crippen molar-refractivity contribution < 1.29 is 19.1 Å². The Bertz CT molecular complexity index is 345. The van der Waals surface area contributed by atoms with Crippen LogP contribution in [-0.4, -0.2) is 62.0 Å². The van der Waals surface area contributed by atoms with Crippen molar-refractivity contribution in [1.29, 1.82) is 0 Å². The van der Waals surface area contributed by atoms with E-state index in [1.54, 1.807) is 14.0 Å². The van der Waals surface area contributed by atoms with Gasteiger partial charge in [-0.2, -0.15) is 0 Å². The molecule has 0 aromatic carbocycles. The van der Waals surface area contributed by atoms with E-state index >= 15 is 0 Å². The molecule has 1 heterocycles. The number of methoxy groups -OCH3 is 1. The lowest BCUT2D eigenvalue weighted by Crippen LogP contribution is -2.49. The second-order valence-electron chi connectivity index (χ2n) is 4.22. The molecule has 0 bridgehead atoms. The summed E-state index contributed by atoms with van der Waals surface area (Å²) in [4.78, 5) is 35.6. The lowest BCUT2D eigenvalue weighted by atomic mass is 10.2. The molecule has 0 aromatic heterocycles. The Kier molecular flexibility index (Phi) is 5.24. The van der Waals surface area contributed by atoms with Crippen molar-refractivity contribution in [2.75, 3.05) is 27.3 Å². The van der Waals surface area contributed by atoms with Gasteiger partial charge in [-0.25, -0.2) is 0 Å². The molecule has 2 N–H and O–H groups in total. The number of nitrogens with zero attached hydrogens (tertiary/aromatic N) is 1. The smallest absolute Gasteiger partial charge is 0.246 e. The molecule has 3 amide bonds. The molecule has 1 aliphatic rings. The van der Waals surface area contributed by atoms with Gasteiger partial charge in [0.15, 0.2) is 0 Å². The van der Waals surface area contributed by atoms with Crippen molar-refractivity contribution in [2.24, 2.45) is 0 Å². The second-order valence-corrected chi connectivity index (χ2v) is 4.22. The van der Waals surface area contributed by atoms with E-state index in [9.17, 15) is 14.4 Å². The largest absolute Gasteiger partial charge is 0.383 e. The molecule has 0 spiro atoms. The monoisotopic (exact) mass is 257 g/mol. The number of carbonyl (C=O) groups is 3. The van der Waals surface area contributed by atoms with Crippen molar-refractivity contribution in [1.82, 2.24) is 15.5 Å². The molecule has 0 aliphatic carbocycles. The molecule has 102 valence electrons. The van der Waals surface area contributed by atoms with Gasteiger partial charge in [-0.05, 0) is 6.92 Å². The Morgan fingerprint density at radius 3 is 2.72 bits per heavy atom. The van der Waals surface area contributed by atoms with E-state index < -0.39 is 12.1 Å². The molecule has 2 unspecified atom stereocenters. The maximum absolute atomic E-state index is 11.6. The van der Waals surface area contributed by atoms with Gasteiger partial charge >= 0.3 is 0 Å². The molecular formula is C11H19N3O4. The molecule has 7 nitrogen and oxygen atoms in total. The number of likely N-dealkylation sites (N-methyl/N-ethyl adjacent to an activating group) is 1. The molecule has 1 saturated heterocycles. The summed E-state index contributed by atoms with van der Waals surface area (Å²) in [6.45, 7) is 2.50. The molecule has 7 heteroatoms. The molecule has 1 rings (SSSR count). The third-order valence-electron chi connectivity index (χ3n) is 2.83. The fourth-order valence-corrected chi connectivity index (χ4v) is 1.69. The van der Waals surface area contributed by atoms with Crippen LogP contribution >= 0.6 is 0 Å². The van der Waals surface area contributed by atoms with E-state index in [1.807, 2.05) is 0 Å². The summed E-state index contributed by atoms with van der Waals surface area (Å²) in [5.41, 5.74) is 0. The van der Waals surface area contributed by atoms with Gasteiger partial charge in [0.05, 0.1) is 25.1 Å². The van der Waals surface area contributed by atoms with E-state index in [0.717, 1.165) is 4.90 Å². The molecule has 1 aliphatic heterocycles. The zero-order chi connectivity index (χ0) is 13.7. The molecule has 0 aromatic rings. The van der Waals surface area contributed by atoms with Crippen LogP contribution < -0.4 is 10.6 Å². The van der Waals surface area contributed by atoms with E-state index in [2.05, 4.69) is 10.6 Å². The van der Waals surface area contributed by atoms with Gasteiger partial charge in [0.1, 0.15) is 0 Å². The van der Waals surface area contributed by atoms with Crippen LogP contribution in [0.25, 0.3) is 0 Å². The predicted molar refractivity (Wildman–Crippen MR) is 63.7 cm³/mol. The van der Waals surface area contributed by atoms with Crippen molar-refractivity contribution >= 4 is 17.7 Å². The third kappa shape index (κ3) is 3.51. The summed E-state index contributed by atoms with van der Waals surface area (Å²) in [6, 6.07) is -1.14. The summed E-state index contributed by atoms with van der Waals surface area (Å²) >= 11 is 0. The molecular weight excluding hydrogens is 238 g/mol. The number of hydrogen-bond acceptors (Lipinski definition) is 5. The summed E-state index contributed by atoms with van der Waals surface area (Å²) in [5, 5.41) is 5.51. The first-order chi connectivity index (χ1) is 8.47.